The molecule has 0 fully saturated rings. The van der Waals surface area contributed by atoms with E-state index in [-0.39, 0.29) is 5.76 Å². The van der Waals surface area contributed by atoms with Crippen LogP contribution < -0.4 is 5.63 Å². The Morgan fingerprint density at radius 1 is 1.22 bits per heavy atom. The number of alkyl halides is 3. The molecule has 0 unspecified atom stereocenters. The lowest BCUT2D eigenvalue weighted by molar-refractivity contribution is -0.137. The highest BCUT2D eigenvalue weighted by Crippen LogP contribution is 2.29. The third-order valence-electron chi connectivity index (χ3n) is 2.97. The average molecular weight is 324 g/mol. The summed E-state index contributed by atoms with van der Waals surface area (Å²) in [6, 6.07) is 5.25. The van der Waals surface area contributed by atoms with Gasteiger partial charge in [-0.3, -0.25) is 4.79 Å². The Labute approximate surface area is 128 Å². The summed E-state index contributed by atoms with van der Waals surface area (Å²) in [5.74, 6) is -1.17. The van der Waals surface area contributed by atoms with Crippen molar-refractivity contribution in [2.24, 2.45) is 0 Å². The molecule has 1 aromatic carbocycles. The molecule has 7 heteroatoms. The maximum absolute atomic E-state index is 12.4. The number of ketones is 1. The number of allylic oxidation sites excluding steroid dienone is 1. The second kappa shape index (κ2) is 6.12. The van der Waals surface area contributed by atoms with Gasteiger partial charge in [0.15, 0.2) is 5.78 Å². The van der Waals surface area contributed by atoms with Crippen molar-refractivity contribution in [3.05, 3.63) is 69.3 Å². The number of benzene rings is 1. The number of rotatable bonds is 3. The Balaban J connectivity index is 2.24. The molecule has 0 spiro atoms. The van der Waals surface area contributed by atoms with Crippen molar-refractivity contribution in [2.75, 3.05) is 0 Å². The lowest BCUT2D eigenvalue weighted by Gasteiger charge is -2.05. The molecule has 0 saturated carbocycles. The molecule has 4 nitrogen and oxygen atoms in total. The molecule has 2 aromatic rings. The minimum atomic E-state index is -4.44. The number of hydrogen-bond donors (Lipinski definition) is 1. The molecule has 0 amide bonds. The van der Waals surface area contributed by atoms with Crippen LogP contribution in [0.3, 0.4) is 0 Å². The fourth-order valence-corrected chi connectivity index (χ4v) is 1.86. The van der Waals surface area contributed by atoms with Crippen LogP contribution in [0.1, 0.15) is 27.2 Å². The molecule has 0 atom stereocenters. The molecule has 1 heterocycles. The molecule has 23 heavy (non-hydrogen) atoms. The third-order valence-corrected chi connectivity index (χ3v) is 2.97. The average Bonchev–Trinajstić information content (AvgIpc) is 2.43. The van der Waals surface area contributed by atoms with Gasteiger partial charge in [0.05, 0.1) is 5.56 Å². The van der Waals surface area contributed by atoms with Gasteiger partial charge in [-0.25, -0.2) is 4.79 Å². The molecule has 0 aliphatic carbocycles. The first kappa shape index (κ1) is 16.5. The summed E-state index contributed by atoms with van der Waals surface area (Å²) in [5.41, 5.74) is -1.98. The summed E-state index contributed by atoms with van der Waals surface area (Å²) in [4.78, 5) is 23.5. The van der Waals surface area contributed by atoms with Crippen molar-refractivity contribution in [3.8, 4) is 5.75 Å². The molecule has 2 rings (SSSR count). The first-order valence-electron chi connectivity index (χ1n) is 6.42. The normalized spacial score (nSPS) is 11.8. The molecule has 0 radical (unpaired) electrons. The first-order valence-corrected chi connectivity index (χ1v) is 6.42. The summed E-state index contributed by atoms with van der Waals surface area (Å²) < 4.78 is 42.0. The number of carbonyl (C=O) groups excluding carboxylic acids is 1. The van der Waals surface area contributed by atoms with Crippen molar-refractivity contribution in [1.29, 1.82) is 0 Å². The van der Waals surface area contributed by atoms with Crippen LogP contribution in [-0.4, -0.2) is 10.9 Å². The lowest BCUT2D eigenvalue weighted by Crippen LogP contribution is -2.12. The monoisotopic (exact) mass is 324 g/mol. The van der Waals surface area contributed by atoms with E-state index in [2.05, 4.69) is 0 Å². The molecular formula is C16H11F3O4. The largest absolute Gasteiger partial charge is 0.507 e. The molecule has 0 bridgehead atoms. The predicted octanol–water partition coefficient (Wildman–Crippen LogP) is 3.57. The van der Waals surface area contributed by atoms with E-state index in [9.17, 15) is 27.9 Å². The SMILES string of the molecule is Cc1cc(O)c(C(=O)/C=C/c2ccc(C(F)(F)F)cc2)c(=O)o1. The highest BCUT2D eigenvalue weighted by atomic mass is 19.4. The van der Waals surface area contributed by atoms with Crippen LogP contribution in [-0.2, 0) is 6.18 Å². The van der Waals surface area contributed by atoms with Crippen molar-refractivity contribution in [3.63, 3.8) is 0 Å². The molecule has 0 aliphatic rings. The molecule has 120 valence electrons. The van der Waals surface area contributed by atoms with Gasteiger partial charge < -0.3 is 9.52 Å². The van der Waals surface area contributed by atoms with Crippen LogP contribution in [0.25, 0.3) is 6.08 Å². The summed E-state index contributed by atoms with van der Waals surface area (Å²) in [6.07, 6.45) is -2.23. The summed E-state index contributed by atoms with van der Waals surface area (Å²) in [7, 11) is 0. The van der Waals surface area contributed by atoms with Crippen LogP contribution in [0.4, 0.5) is 13.2 Å². The molecule has 1 aromatic heterocycles. The smallest absolute Gasteiger partial charge is 0.416 e. The second-order valence-corrected chi connectivity index (χ2v) is 4.72. The van der Waals surface area contributed by atoms with Crippen LogP contribution in [0.2, 0.25) is 0 Å². The number of halogens is 3. The van der Waals surface area contributed by atoms with E-state index in [1.165, 1.54) is 25.1 Å². The molecule has 1 N–H and O–H groups in total. The first-order chi connectivity index (χ1) is 10.7. The van der Waals surface area contributed by atoms with Crippen LogP contribution in [0.5, 0.6) is 5.75 Å². The Morgan fingerprint density at radius 3 is 2.35 bits per heavy atom. The van der Waals surface area contributed by atoms with Gasteiger partial charge in [-0.1, -0.05) is 18.2 Å². The number of aryl methyl sites for hydroxylation is 1. The Hall–Kier alpha value is -2.83. The summed E-state index contributed by atoms with van der Waals surface area (Å²) in [5, 5.41) is 9.63. The van der Waals surface area contributed by atoms with Crippen molar-refractivity contribution in [2.45, 2.75) is 13.1 Å². The number of aromatic hydroxyl groups is 1. The molecule has 0 saturated heterocycles. The quantitative estimate of drug-likeness (QED) is 0.692. The van der Waals surface area contributed by atoms with Crippen molar-refractivity contribution in [1.82, 2.24) is 0 Å². The van der Waals surface area contributed by atoms with Gasteiger partial charge in [-0.2, -0.15) is 13.2 Å². The Bertz CT molecular complexity index is 815. The maximum atomic E-state index is 12.4. The maximum Gasteiger partial charge on any atom is 0.416 e. The van der Waals surface area contributed by atoms with E-state index in [0.29, 0.717) is 5.56 Å². The van der Waals surface area contributed by atoms with E-state index in [4.69, 9.17) is 4.42 Å². The number of hydrogen-bond acceptors (Lipinski definition) is 4. The van der Waals surface area contributed by atoms with Crippen molar-refractivity contribution >= 4 is 11.9 Å². The number of carbonyl (C=O) groups is 1. The Kier molecular flexibility index (Phi) is 4.40. The molecule has 0 aliphatic heterocycles. The Morgan fingerprint density at radius 2 is 1.83 bits per heavy atom. The van der Waals surface area contributed by atoms with Crippen LogP contribution in [0.15, 0.2) is 45.6 Å². The van der Waals surface area contributed by atoms with Gasteiger partial charge in [0, 0.05) is 6.07 Å². The zero-order valence-corrected chi connectivity index (χ0v) is 11.8. The summed E-state index contributed by atoms with van der Waals surface area (Å²) in [6.45, 7) is 1.44. The van der Waals surface area contributed by atoms with Gasteiger partial charge in [0.2, 0.25) is 0 Å². The van der Waals surface area contributed by atoms with E-state index in [1.54, 1.807) is 0 Å². The van der Waals surface area contributed by atoms with E-state index in [0.717, 1.165) is 24.3 Å². The highest BCUT2D eigenvalue weighted by Gasteiger charge is 2.29. The van der Waals surface area contributed by atoms with Crippen LogP contribution >= 0.6 is 0 Å². The molecular weight excluding hydrogens is 313 g/mol. The summed E-state index contributed by atoms with van der Waals surface area (Å²) >= 11 is 0. The second-order valence-electron chi connectivity index (χ2n) is 4.72. The third kappa shape index (κ3) is 3.88. The standard InChI is InChI=1S/C16H11F3O4/c1-9-8-13(21)14(15(22)23-9)12(20)7-4-10-2-5-11(6-3-10)16(17,18)19/h2-8,21H,1H3/b7-4+. The minimum Gasteiger partial charge on any atom is -0.507 e. The minimum absolute atomic E-state index is 0.149. The lowest BCUT2D eigenvalue weighted by atomic mass is 10.1. The fraction of sp³-hybridized carbons (Fsp3) is 0.125. The van der Waals surface area contributed by atoms with E-state index < -0.39 is 34.5 Å². The fourth-order valence-electron chi connectivity index (χ4n) is 1.86. The van der Waals surface area contributed by atoms with Crippen molar-refractivity contribution < 1.29 is 27.5 Å². The predicted molar refractivity (Wildman–Crippen MR) is 76.2 cm³/mol. The van der Waals surface area contributed by atoms with Gasteiger partial charge in [-0.05, 0) is 30.7 Å². The van der Waals surface area contributed by atoms with Crippen LogP contribution in [0, 0.1) is 6.92 Å². The van der Waals surface area contributed by atoms with Gasteiger partial charge in [0.1, 0.15) is 17.1 Å². The highest BCUT2D eigenvalue weighted by molar-refractivity contribution is 6.08. The topological polar surface area (TPSA) is 67.5 Å². The van der Waals surface area contributed by atoms with Gasteiger partial charge in [0.25, 0.3) is 0 Å². The van der Waals surface area contributed by atoms with E-state index in [1.807, 2.05) is 0 Å². The van der Waals surface area contributed by atoms with Gasteiger partial charge in [-0.15, -0.1) is 0 Å². The van der Waals surface area contributed by atoms with E-state index >= 15 is 0 Å². The zero-order chi connectivity index (χ0) is 17.2. The zero-order valence-electron chi connectivity index (χ0n) is 11.8. The van der Waals surface area contributed by atoms with Gasteiger partial charge >= 0.3 is 11.8 Å².